The second-order valence-electron chi connectivity index (χ2n) is 6.96. The van der Waals surface area contributed by atoms with Crippen molar-refractivity contribution >= 4 is 28.7 Å². The number of benzene rings is 1. The summed E-state index contributed by atoms with van der Waals surface area (Å²) in [6.07, 6.45) is 5.72. The third-order valence-corrected chi connectivity index (χ3v) is 5.80. The Hall–Kier alpha value is -3.19. The first-order valence-electron chi connectivity index (χ1n) is 9.57. The summed E-state index contributed by atoms with van der Waals surface area (Å²) in [6, 6.07) is 12.3. The number of aromatic nitrogens is 3. The average Bonchev–Trinajstić information content (AvgIpc) is 3.37. The van der Waals surface area contributed by atoms with Gasteiger partial charge in [-0.05, 0) is 25.3 Å². The van der Waals surface area contributed by atoms with Gasteiger partial charge in [0.15, 0.2) is 5.65 Å². The highest BCUT2D eigenvalue weighted by Crippen LogP contribution is 2.28. The van der Waals surface area contributed by atoms with Crippen molar-refractivity contribution in [2.24, 2.45) is 0 Å². The van der Waals surface area contributed by atoms with Gasteiger partial charge in [0.2, 0.25) is 5.91 Å². The van der Waals surface area contributed by atoms with Crippen LogP contribution >= 0.6 is 11.3 Å². The first kappa shape index (κ1) is 19.1. The lowest BCUT2D eigenvalue weighted by Gasteiger charge is -2.13. The fraction of sp³-hybridized carbons (Fsp3) is 0.227. The van der Waals surface area contributed by atoms with Gasteiger partial charge in [0.1, 0.15) is 11.5 Å². The number of hydrogen-bond acceptors (Lipinski definition) is 5. The van der Waals surface area contributed by atoms with Gasteiger partial charge in [-0.1, -0.05) is 35.9 Å². The van der Waals surface area contributed by atoms with Crippen LogP contribution in [0.4, 0.5) is 5.82 Å². The molecule has 0 spiro atoms. The van der Waals surface area contributed by atoms with Crippen LogP contribution in [0.3, 0.4) is 0 Å². The van der Waals surface area contributed by atoms with E-state index >= 15 is 0 Å². The second kappa shape index (κ2) is 8.45. The molecule has 1 amide bonds. The fourth-order valence-corrected chi connectivity index (χ4v) is 3.94. The summed E-state index contributed by atoms with van der Waals surface area (Å²) in [4.78, 5) is 22.4. The van der Waals surface area contributed by atoms with Gasteiger partial charge in [0.25, 0.3) is 0 Å². The number of thiophene rings is 1. The highest BCUT2D eigenvalue weighted by Gasteiger charge is 2.15. The van der Waals surface area contributed by atoms with Crippen LogP contribution in [-0.4, -0.2) is 26.8 Å². The molecule has 0 aliphatic heterocycles. The third kappa shape index (κ3) is 4.30. The van der Waals surface area contributed by atoms with E-state index in [0.717, 1.165) is 27.6 Å². The van der Waals surface area contributed by atoms with E-state index in [9.17, 15) is 4.79 Å². The van der Waals surface area contributed by atoms with Crippen LogP contribution in [0.5, 0.6) is 0 Å². The van der Waals surface area contributed by atoms with Crippen molar-refractivity contribution in [2.75, 3.05) is 11.9 Å². The SMILES string of the molecule is Cc1ccc(-c2nc3cnccn3c2NCCC(=O)N[C@@H](C)c2cccs2)cc1. The van der Waals surface area contributed by atoms with Gasteiger partial charge in [0.05, 0.1) is 12.2 Å². The number of carbonyl (C=O) groups is 1. The molecule has 3 heterocycles. The number of amides is 1. The van der Waals surface area contributed by atoms with Gasteiger partial charge in [-0.3, -0.25) is 14.2 Å². The summed E-state index contributed by atoms with van der Waals surface area (Å²) < 4.78 is 1.97. The van der Waals surface area contributed by atoms with Crippen molar-refractivity contribution in [3.8, 4) is 11.3 Å². The van der Waals surface area contributed by atoms with Crippen molar-refractivity contribution < 1.29 is 4.79 Å². The van der Waals surface area contributed by atoms with Crippen LogP contribution in [0, 0.1) is 6.92 Å². The number of nitrogens with zero attached hydrogens (tertiary/aromatic N) is 3. The van der Waals surface area contributed by atoms with Gasteiger partial charge in [-0.2, -0.15) is 0 Å². The summed E-state index contributed by atoms with van der Waals surface area (Å²) in [6.45, 7) is 4.58. The molecule has 0 saturated carbocycles. The zero-order chi connectivity index (χ0) is 20.2. The van der Waals surface area contributed by atoms with Gasteiger partial charge in [-0.15, -0.1) is 11.3 Å². The molecular weight excluding hydrogens is 382 g/mol. The van der Waals surface area contributed by atoms with Gasteiger partial charge < -0.3 is 10.6 Å². The summed E-state index contributed by atoms with van der Waals surface area (Å²) >= 11 is 1.65. The maximum Gasteiger partial charge on any atom is 0.222 e. The number of anilines is 1. The number of carbonyl (C=O) groups excluding carboxylic acids is 1. The molecule has 0 bridgehead atoms. The van der Waals surface area contributed by atoms with E-state index in [1.54, 1.807) is 23.7 Å². The lowest BCUT2D eigenvalue weighted by molar-refractivity contribution is -0.121. The minimum atomic E-state index is 0.0192. The highest BCUT2D eigenvalue weighted by molar-refractivity contribution is 7.10. The second-order valence-corrected chi connectivity index (χ2v) is 7.94. The Morgan fingerprint density at radius 2 is 2.07 bits per heavy atom. The summed E-state index contributed by atoms with van der Waals surface area (Å²) in [5.41, 5.74) is 3.84. The Morgan fingerprint density at radius 1 is 1.24 bits per heavy atom. The Kier molecular flexibility index (Phi) is 5.57. The molecule has 4 rings (SSSR count). The highest BCUT2D eigenvalue weighted by atomic mass is 32.1. The van der Waals surface area contributed by atoms with E-state index in [1.165, 1.54) is 5.56 Å². The van der Waals surface area contributed by atoms with Gasteiger partial charge in [-0.25, -0.2) is 4.98 Å². The molecule has 0 aliphatic carbocycles. The van der Waals surface area contributed by atoms with Crippen LogP contribution in [0.15, 0.2) is 60.4 Å². The lowest BCUT2D eigenvalue weighted by atomic mass is 10.1. The molecule has 3 aromatic heterocycles. The molecule has 1 aromatic carbocycles. The zero-order valence-electron chi connectivity index (χ0n) is 16.4. The Balaban J connectivity index is 1.48. The summed E-state index contributed by atoms with van der Waals surface area (Å²) in [5.74, 6) is 0.885. The van der Waals surface area contributed by atoms with Gasteiger partial charge in [0, 0.05) is 35.8 Å². The van der Waals surface area contributed by atoms with Crippen molar-refractivity contribution in [1.82, 2.24) is 19.7 Å². The fourth-order valence-electron chi connectivity index (χ4n) is 3.21. The maximum atomic E-state index is 12.4. The molecule has 0 aliphatic rings. The standard InChI is InChI=1S/C22H23N5OS/c1-15-5-7-17(8-6-15)21-22(27-12-11-23-14-19(27)26-21)24-10-9-20(28)25-16(2)18-4-3-13-29-18/h3-8,11-14,16,24H,9-10H2,1-2H3,(H,25,28)/t16-/m0/s1. The molecule has 6 nitrogen and oxygen atoms in total. The lowest BCUT2D eigenvalue weighted by Crippen LogP contribution is -2.27. The number of nitrogens with one attached hydrogen (secondary N) is 2. The molecule has 0 saturated heterocycles. The number of rotatable bonds is 7. The molecule has 0 unspecified atom stereocenters. The Morgan fingerprint density at radius 3 is 2.83 bits per heavy atom. The largest absolute Gasteiger partial charge is 0.369 e. The number of hydrogen-bond donors (Lipinski definition) is 2. The number of fused-ring (bicyclic) bond motifs is 1. The molecule has 0 radical (unpaired) electrons. The van der Waals surface area contributed by atoms with E-state index in [0.29, 0.717) is 13.0 Å². The number of aryl methyl sites for hydroxylation is 1. The van der Waals surface area contributed by atoms with Crippen molar-refractivity contribution in [3.63, 3.8) is 0 Å². The molecule has 1 atom stereocenters. The number of imidazole rings is 1. The molecule has 7 heteroatoms. The van der Waals surface area contributed by atoms with Crippen LogP contribution in [0.1, 0.15) is 29.8 Å². The predicted octanol–water partition coefficient (Wildman–Crippen LogP) is 4.45. The Labute approximate surface area is 173 Å². The van der Waals surface area contributed by atoms with Crippen molar-refractivity contribution in [1.29, 1.82) is 0 Å². The average molecular weight is 406 g/mol. The molecule has 29 heavy (non-hydrogen) atoms. The zero-order valence-corrected chi connectivity index (χ0v) is 17.2. The predicted molar refractivity (Wildman–Crippen MR) is 117 cm³/mol. The smallest absolute Gasteiger partial charge is 0.222 e. The van der Waals surface area contributed by atoms with Crippen LogP contribution < -0.4 is 10.6 Å². The van der Waals surface area contributed by atoms with E-state index in [1.807, 2.05) is 35.0 Å². The molecular formula is C22H23N5OS. The van der Waals surface area contributed by atoms with Crippen molar-refractivity contribution in [3.05, 3.63) is 70.8 Å². The Bertz CT molecular complexity index is 1100. The normalized spacial score (nSPS) is 12.1. The van der Waals surface area contributed by atoms with E-state index < -0.39 is 0 Å². The molecule has 148 valence electrons. The summed E-state index contributed by atoms with van der Waals surface area (Å²) in [7, 11) is 0. The first-order valence-corrected chi connectivity index (χ1v) is 10.5. The molecule has 0 fully saturated rings. The van der Waals surface area contributed by atoms with Crippen LogP contribution in [-0.2, 0) is 4.79 Å². The molecule has 4 aromatic rings. The first-order chi connectivity index (χ1) is 14.1. The third-order valence-electron chi connectivity index (χ3n) is 4.75. The monoisotopic (exact) mass is 405 g/mol. The quantitative estimate of drug-likeness (QED) is 0.477. The van der Waals surface area contributed by atoms with Gasteiger partial charge >= 0.3 is 0 Å². The topological polar surface area (TPSA) is 71.3 Å². The minimum absolute atomic E-state index is 0.0192. The van der Waals surface area contributed by atoms with Crippen molar-refractivity contribution in [2.45, 2.75) is 26.3 Å². The maximum absolute atomic E-state index is 12.4. The summed E-state index contributed by atoms with van der Waals surface area (Å²) in [5, 5.41) is 8.47. The van der Waals surface area contributed by atoms with Crippen LogP contribution in [0.2, 0.25) is 0 Å². The van der Waals surface area contributed by atoms with Crippen LogP contribution in [0.25, 0.3) is 16.9 Å². The van der Waals surface area contributed by atoms with E-state index in [2.05, 4.69) is 46.8 Å². The van der Waals surface area contributed by atoms with E-state index in [-0.39, 0.29) is 11.9 Å². The molecule has 2 N–H and O–H groups in total. The minimum Gasteiger partial charge on any atom is -0.369 e. The van der Waals surface area contributed by atoms with E-state index in [4.69, 9.17) is 4.98 Å².